The predicted molar refractivity (Wildman–Crippen MR) is 188 cm³/mol. The number of para-hydroxylation sites is 3. The van der Waals surface area contributed by atoms with E-state index < -0.39 is 10.9 Å². The molecule has 0 bridgehead atoms. The molecule has 0 aliphatic carbocycles. The Morgan fingerprint density at radius 2 is 0.609 bits per heavy atom. The summed E-state index contributed by atoms with van der Waals surface area (Å²) < 4.78 is 19.9. The fourth-order valence-electron chi connectivity index (χ4n) is 5.35. The molecule has 0 heterocycles. The minimum absolute atomic E-state index is 0.484. The molecule has 6 aromatic carbocycles. The van der Waals surface area contributed by atoms with Gasteiger partial charge in [-0.15, -0.1) is 0 Å². The minimum atomic E-state index is -0.614. The van der Waals surface area contributed by atoms with Crippen molar-refractivity contribution in [3.63, 3.8) is 0 Å². The number of rotatable bonds is 12. The number of aryl methyl sites for hydroxylation is 3. The highest BCUT2D eigenvalue weighted by molar-refractivity contribution is 7.97. The molecule has 0 aliphatic heterocycles. The van der Waals surface area contributed by atoms with Crippen LogP contribution in [0, 0.1) is 20.8 Å². The minimum Gasteiger partial charge on any atom is -0.484 e. The van der Waals surface area contributed by atoms with Crippen LogP contribution in [-0.2, 0) is 30.7 Å². The van der Waals surface area contributed by atoms with E-state index in [1.54, 1.807) is 0 Å². The molecule has 0 radical (unpaired) electrons. The van der Waals surface area contributed by atoms with Crippen LogP contribution in [0.25, 0.3) is 0 Å². The Morgan fingerprint density at radius 1 is 0.348 bits per heavy atom. The molecule has 0 saturated carbocycles. The van der Waals surface area contributed by atoms with Crippen molar-refractivity contribution in [3.8, 4) is 17.2 Å². The fraction of sp³-hybridized carbons (Fsp3) is 0.143. The van der Waals surface area contributed by atoms with Crippen LogP contribution in [0.5, 0.6) is 17.2 Å². The van der Waals surface area contributed by atoms with Crippen LogP contribution < -0.4 is 14.2 Å². The SMILES string of the molecule is Cc1ccccc1COc1ccccc1[S+](c1ccccc1OCc1ccccc1C)c1ccccc1OCc1ccccc1C. The van der Waals surface area contributed by atoms with Crippen molar-refractivity contribution in [2.24, 2.45) is 0 Å². The Morgan fingerprint density at radius 3 is 0.913 bits per heavy atom. The molecular weight excluding hydrogens is 585 g/mol. The second-order valence-electron chi connectivity index (χ2n) is 11.3. The molecule has 0 atom stereocenters. The van der Waals surface area contributed by atoms with Crippen molar-refractivity contribution < 1.29 is 14.2 Å². The Kier molecular flexibility index (Phi) is 10.1. The first kappa shape index (κ1) is 31.1. The standard InChI is InChI=1S/C42H39O3S/c1-31-16-4-7-19-34(31)28-43-37-22-10-13-25-40(37)46(41-26-14-11-23-38(41)44-29-35-20-8-5-17-32(35)2)42-27-15-12-24-39(42)45-30-36-21-9-6-18-33(36)3/h4-27H,28-30H2,1-3H3/q+1. The van der Waals surface area contributed by atoms with E-state index in [9.17, 15) is 0 Å². The molecule has 0 fully saturated rings. The first-order chi connectivity index (χ1) is 22.6. The van der Waals surface area contributed by atoms with E-state index in [1.807, 2.05) is 18.2 Å². The molecule has 0 spiro atoms. The zero-order chi connectivity index (χ0) is 31.7. The molecule has 0 aliphatic rings. The van der Waals surface area contributed by atoms with Crippen molar-refractivity contribution in [2.75, 3.05) is 0 Å². The van der Waals surface area contributed by atoms with E-state index in [0.717, 1.165) is 31.9 Å². The van der Waals surface area contributed by atoms with Crippen molar-refractivity contribution >= 4 is 10.9 Å². The highest BCUT2D eigenvalue weighted by Gasteiger charge is 2.37. The van der Waals surface area contributed by atoms with Crippen molar-refractivity contribution in [2.45, 2.75) is 55.3 Å². The Labute approximate surface area is 275 Å². The van der Waals surface area contributed by atoms with Crippen molar-refractivity contribution in [3.05, 3.63) is 179 Å². The summed E-state index contributed by atoms with van der Waals surface area (Å²) in [5, 5.41) is 0. The van der Waals surface area contributed by atoms with Gasteiger partial charge in [-0.1, -0.05) is 109 Å². The lowest BCUT2D eigenvalue weighted by molar-refractivity contribution is 0.294. The van der Waals surface area contributed by atoms with Crippen molar-refractivity contribution in [1.29, 1.82) is 0 Å². The van der Waals surface area contributed by atoms with Crippen LogP contribution in [0.4, 0.5) is 0 Å². The highest BCUT2D eigenvalue weighted by atomic mass is 32.2. The fourth-order valence-corrected chi connectivity index (χ4v) is 7.69. The van der Waals surface area contributed by atoms with Gasteiger partial charge >= 0.3 is 0 Å². The van der Waals surface area contributed by atoms with Gasteiger partial charge in [0.25, 0.3) is 0 Å². The number of ether oxygens (including phenoxy) is 3. The molecule has 46 heavy (non-hydrogen) atoms. The van der Waals surface area contributed by atoms with Crippen LogP contribution >= 0.6 is 0 Å². The van der Waals surface area contributed by atoms with Gasteiger partial charge in [0.05, 0.1) is 0 Å². The zero-order valence-corrected chi connectivity index (χ0v) is 27.4. The third-order valence-electron chi connectivity index (χ3n) is 8.14. The third kappa shape index (κ3) is 7.30. The first-order valence-electron chi connectivity index (χ1n) is 15.6. The number of hydrogen-bond acceptors (Lipinski definition) is 3. The third-order valence-corrected chi connectivity index (χ3v) is 10.5. The van der Waals surface area contributed by atoms with Gasteiger partial charge in [0.1, 0.15) is 30.7 Å². The van der Waals surface area contributed by atoms with E-state index in [0.29, 0.717) is 19.8 Å². The average molecular weight is 624 g/mol. The van der Waals surface area contributed by atoms with E-state index in [4.69, 9.17) is 14.2 Å². The van der Waals surface area contributed by atoms with Gasteiger partial charge in [-0.25, -0.2) is 0 Å². The van der Waals surface area contributed by atoms with E-state index in [2.05, 4.69) is 148 Å². The second kappa shape index (κ2) is 14.9. The van der Waals surface area contributed by atoms with E-state index in [-0.39, 0.29) is 0 Å². The predicted octanol–water partition coefficient (Wildman–Crippen LogP) is 10.4. The molecule has 0 saturated heterocycles. The number of benzene rings is 6. The Hall–Kier alpha value is -4.93. The molecule has 0 amide bonds. The maximum absolute atomic E-state index is 6.62. The molecule has 0 unspecified atom stereocenters. The quantitative estimate of drug-likeness (QED) is 0.127. The maximum Gasteiger partial charge on any atom is 0.208 e. The van der Waals surface area contributed by atoms with E-state index in [1.165, 1.54) is 33.4 Å². The monoisotopic (exact) mass is 623 g/mol. The number of hydrogen-bond donors (Lipinski definition) is 0. The lowest BCUT2D eigenvalue weighted by Crippen LogP contribution is -2.12. The summed E-state index contributed by atoms with van der Waals surface area (Å²) in [5.74, 6) is 2.53. The molecule has 3 nitrogen and oxygen atoms in total. The van der Waals surface area contributed by atoms with Gasteiger partial charge in [-0.3, -0.25) is 0 Å². The normalized spacial score (nSPS) is 11.0. The summed E-state index contributed by atoms with van der Waals surface area (Å²) in [7, 11) is -0.614. The van der Waals surface area contributed by atoms with Gasteiger partial charge < -0.3 is 14.2 Å². The molecule has 0 N–H and O–H groups in total. The molecule has 6 aromatic rings. The molecule has 4 heteroatoms. The van der Waals surface area contributed by atoms with Crippen LogP contribution in [0.2, 0.25) is 0 Å². The topological polar surface area (TPSA) is 27.7 Å². The lowest BCUT2D eigenvalue weighted by atomic mass is 10.1. The molecule has 0 aromatic heterocycles. The Bertz CT molecular complexity index is 1690. The van der Waals surface area contributed by atoms with Gasteiger partial charge in [0.15, 0.2) is 17.2 Å². The summed E-state index contributed by atoms with van der Waals surface area (Å²) in [6.45, 7) is 7.82. The van der Waals surface area contributed by atoms with Gasteiger partial charge in [0.2, 0.25) is 14.7 Å². The highest BCUT2D eigenvalue weighted by Crippen LogP contribution is 2.44. The summed E-state index contributed by atoms with van der Waals surface area (Å²) in [4.78, 5) is 3.24. The van der Waals surface area contributed by atoms with Crippen molar-refractivity contribution in [1.82, 2.24) is 0 Å². The van der Waals surface area contributed by atoms with Crippen LogP contribution in [0.1, 0.15) is 33.4 Å². The van der Waals surface area contributed by atoms with Gasteiger partial charge in [0, 0.05) is 0 Å². The summed E-state index contributed by atoms with van der Waals surface area (Å²) in [6, 6.07) is 50.2. The zero-order valence-electron chi connectivity index (χ0n) is 26.6. The van der Waals surface area contributed by atoms with Crippen LogP contribution in [0.3, 0.4) is 0 Å². The maximum atomic E-state index is 6.62. The summed E-state index contributed by atoms with van der Waals surface area (Å²) >= 11 is 0. The Balaban J connectivity index is 1.43. The largest absolute Gasteiger partial charge is 0.484 e. The smallest absolute Gasteiger partial charge is 0.208 e. The first-order valence-corrected chi connectivity index (χ1v) is 16.8. The van der Waals surface area contributed by atoms with Gasteiger partial charge in [-0.05, 0) is 90.6 Å². The van der Waals surface area contributed by atoms with E-state index >= 15 is 0 Å². The summed E-state index contributed by atoms with van der Waals surface area (Å²) in [6.07, 6.45) is 0. The average Bonchev–Trinajstić information content (AvgIpc) is 3.09. The molecule has 230 valence electrons. The second-order valence-corrected chi connectivity index (χ2v) is 13.2. The molecular formula is C42H39O3S+. The van der Waals surface area contributed by atoms with Gasteiger partial charge in [-0.2, -0.15) is 0 Å². The lowest BCUT2D eigenvalue weighted by Gasteiger charge is -2.18. The van der Waals surface area contributed by atoms with Crippen LogP contribution in [0.15, 0.2) is 160 Å². The summed E-state index contributed by atoms with van der Waals surface area (Å²) in [5.41, 5.74) is 7.14. The molecule has 6 rings (SSSR count). The van der Waals surface area contributed by atoms with Crippen LogP contribution in [-0.4, -0.2) is 0 Å².